The van der Waals surface area contributed by atoms with Gasteiger partial charge in [-0.2, -0.15) is 11.3 Å². The van der Waals surface area contributed by atoms with E-state index in [4.69, 9.17) is 0 Å². The number of nitrogens with one attached hydrogen (secondary N) is 1. The summed E-state index contributed by atoms with van der Waals surface area (Å²) in [5, 5.41) is 7.17. The first kappa shape index (κ1) is 16.4. The number of carbonyl (C=O) groups is 1. The van der Waals surface area contributed by atoms with Crippen LogP contribution < -0.4 is 5.32 Å². The minimum absolute atomic E-state index is 0.0839. The van der Waals surface area contributed by atoms with Gasteiger partial charge >= 0.3 is 0 Å². The van der Waals surface area contributed by atoms with Gasteiger partial charge in [-0.05, 0) is 59.3 Å². The van der Waals surface area contributed by atoms with E-state index in [1.54, 1.807) is 11.3 Å². The Morgan fingerprint density at radius 3 is 2.33 bits per heavy atom. The van der Waals surface area contributed by atoms with Crippen molar-refractivity contribution in [3.8, 4) is 0 Å². The molecule has 24 heavy (non-hydrogen) atoms. The van der Waals surface area contributed by atoms with Crippen LogP contribution in [-0.4, -0.2) is 17.9 Å². The fraction of sp³-hybridized carbons (Fsp3) is 0.150. The van der Waals surface area contributed by atoms with Gasteiger partial charge < -0.3 is 5.32 Å². The Bertz CT molecular complexity index is 767. The van der Waals surface area contributed by atoms with Gasteiger partial charge in [0.05, 0.1) is 0 Å². The van der Waals surface area contributed by atoms with Gasteiger partial charge in [0.2, 0.25) is 0 Å². The molecule has 0 unspecified atom stereocenters. The summed E-state index contributed by atoms with van der Waals surface area (Å²) in [5.74, 6) is -0.0839. The number of hydrogen-bond acceptors (Lipinski definition) is 3. The number of anilines is 1. The first-order chi connectivity index (χ1) is 11.7. The number of hydrogen-bond donors (Lipinski definition) is 1. The molecule has 122 valence electrons. The van der Waals surface area contributed by atoms with Crippen molar-refractivity contribution in [3.63, 3.8) is 0 Å². The van der Waals surface area contributed by atoms with E-state index in [2.05, 4.69) is 34.1 Å². The van der Waals surface area contributed by atoms with Crippen LogP contribution in [0.5, 0.6) is 0 Å². The highest BCUT2D eigenvalue weighted by molar-refractivity contribution is 7.07. The predicted octanol–water partition coefficient (Wildman–Crippen LogP) is 4.63. The van der Waals surface area contributed by atoms with Crippen molar-refractivity contribution in [1.82, 2.24) is 4.90 Å². The lowest BCUT2D eigenvalue weighted by atomic mass is 10.1. The highest BCUT2D eigenvalue weighted by atomic mass is 32.1. The Hall–Kier alpha value is -2.43. The molecule has 0 spiro atoms. The van der Waals surface area contributed by atoms with Crippen LogP contribution in [0.4, 0.5) is 5.69 Å². The number of amides is 1. The number of nitrogens with zero attached hydrogens (tertiary/aromatic N) is 1. The van der Waals surface area contributed by atoms with Crippen molar-refractivity contribution in [1.29, 1.82) is 0 Å². The molecule has 4 heteroatoms. The van der Waals surface area contributed by atoms with Gasteiger partial charge in [0.15, 0.2) is 0 Å². The van der Waals surface area contributed by atoms with Gasteiger partial charge in [0.1, 0.15) is 0 Å². The van der Waals surface area contributed by atoms with Gasteiger partial charge in [0.25, 0.3) is 5.91 Å². The summed E-state index contributed by atoms with van der Waals surface area (Å²) in [6, 6.07) is 19.4. The molecule has 1 N–H and O–H groups in total. The van der Waals surface area contributed by atoms with Crippen LogP contribution in [0, 0.1) is 0 Å². The minimum atomic E-state index is -0.0839. The smallest absolute Gasteiger partial charge is 0.255 e. The fourth-order valence-corrected chi connectivity index (χ4v) is 3.21. The molecule has 3 aromatic rings. The molecule has 1 aromatic heterocycles. The normalized spacial score (nSPS) is 10.8. The second-order valence-electron chi connectivity index (χ2n) is 5.82. The van der Waals surface area contributed by atoms with Crippen molar-refractivity contribution < 1.29 is 4.79 Å². The maximum Gasteiger partial charge on any atom is 0.255 e. The summed E-state index contributed by atoms with van der Waals surface area (Å²) in [5.41, 5.74) is 4.01. The average Bonchev–Trinajstić information content (AvgIpc) is 3.09. The van der Waals surface area contributed by atoms with Crippen molar-refractivity contribution in [2.24, 2.45) is 0 Å². The van der Waals surface area contributed by atoms with Crippen molar-refractivity contribution in [2.45, 2.75) is 13.1 Å². The Kier molecular flexibility index (Phi) is 5.41. The molecule has 3 rings (SSSR count). The number of rotatable bonds is 6. The van der Waals surface area contributed by atoms with Crippen molar-refractivity contribution in [3.05, 3.63) is 88.1 Å². The Labute approximate surface area is 146 Å². The highest BCUT2D eigenvalue weighted by Gasteiger charge is 2.07. The van der Waals surface area contributed by atoms with Crippen molar-refractivity contribution in [2.75, 3.05) is 12.4 Å². The van der Waals surface area contributed by atoms with Crippen LogP contribution in [0.2, 0.25) is 0 Å². The first-order valence-corrected chi connectivity index (χ1v) is 8.80. The molecule has 3 nitrogen and oxygen atoms in total. The van der Waals surface area contributed by atoms with Gasteiger partial charge in [-0.25, -0.2) is 0 Å². The summed E-state index contributed by atoms with van der Waals surface area (Å²) in [6.07, 6.45) is 0. The second kappa shape index (κ2) is 7.90. The molecular weight excluding hydrogens is 316 g/mol. The van der Waals surface area contributed by atoms with Crippen LogP contribution in [0.15, 0.2) is 71.4 Å². The third-order valence-electron chi connectivity index (χ3n) is 3.73. The number of carbonyl (C=O) groups excluding carboxylic acids is 1. The fourth-order valence-electron chi connectivity index (χ4n) is 2.55. The van der Waals surface area contributed by atoms with Gasteiger partial charge in [-0.1, -0.05) is 30.3 Å². The zero-order valence-electron chi connectivity index (χ0n) is 13.6. The maximum atomic E-state index is 12.2. The average molecular weight is 336 g/mol. The van der Waals surface area contributed by atoms with Crippen LogP contribution in [0.3, 0.4) is 0 Å². The minimum Gasteiger partial charge on any atom is -0.322 e. The quantitative estimate of drug-likeness (QED) is 0.711. The summed E-state index contributed by atoms with van der Waals surface area (Å²) >= 11 is 1.72. The van der Waals surface area contributed by atoms with Crippen LogP contribution >= 0.6 is 11.3 Å². The summed E-state index contributed by atoms with van der Waals surface area (Å²) < 4.78 is 0. The van der Waals surface area contributed by atoms with Crippen LogP contribution in [0.1, 0.15) is 21.5 Å². The molecule has 0 radical (unpaired) electrons. The summed E-state index contributed by atoms with van der Waals surface area (Å²) in [7, 11) is 2.10. The van der Waals surface area contributed by atoms with E-state index in [1.165, 1.54) is 11.1 Å². The zero-order valence-corrected chi connectivity index (χ0v) is 14.4. The molecule has 0 saturated heterocycles. The molecule has 0 aliphatic heterocycles. The van der Waals surface area contributed by atoms with E-state index < -0.39 is 0 Å². The molecule has 0 saturated carbocycles. The predicted molar refractivity (Wildman–Crippen MR) is 100 cm³/mol. The van der Waals surface area contributed by atoms with E-state index in [-0.39, 0.29) is 5.91 Å². The molecular formula is C20H20N2OS. The van der Waals surface area contributed by atoms with Gasteiger partial charge in [-0.15, -0.1) is 0 Å². The van der Waals surface area contributed by atoms with E-state index >= 15 is 0 Å². The summed E-state index contributed by atoms with van der Waals surface area (Å²) in [6.45, 7) is 1.79. The molecule has 0 aliphatic carbocycles. The lowest BCUT2D eigenvalue weighted by Gasteiger charge is -2.16. The van der Waals surface area contributed by atoms with Crippen molar-refractivity contribution >= 4 is 22.9 Å². The van der Waals surface area contributed by atoms with Crippen LogP contribution in [-0.2, 0) is 13.1 Å². The second-order valence-corrected chi connectivity index (χ2v) is 6.60. The summed E-state index contributed by atoms with van der Waals surface area (Å²) in [4.78, 5) is 14.5. The standard InChI is InChI=1S/C20H20N2OS/c1-22(14-17-11-12-24-15-17)13-16-7-9-18(10-8-16)20(23)21-19-5-3-2-4-6-19/h2-12,15H,13-14H2,1H3,(H,21,23). The zero-order chi connectivity index (χ0) is 16.8. The largest absolute Gasteiger partial charge is 0.322 e. The van der Waals surface area contributed by atoms with Gasteiger partial charge in [-0.3, -0.25) is 9.69 Å². The SMILES string of the molecule is CN(Cc1ccc(C(=O)Nc2ccccc2)cc1)Cc1ccsc1. The first-order valence-electron chi connectivity index (χ1n) is 7.86. The maximum absolute atomic E-state index is 12.2. The van der Waals surface area contributed by atoms with Crippen LogP contribution in [0.25, 0.3) is 0 Å². The lowest BCUT2D eigenvalue weighted by Crippen LogP contribution is -2.17. The topological polar surface area (TPSA) is 32.3 Å². The molecule has 0 bridgehead atoms. The number of thiophene rings is 1. The Morgan fingerprint density at radius 1 is 0.958 bits per heavy atom. The molecule has 1 amide bonds. The highest BCUT2D eigenvalue weighted by Crippen LogP contribution is 2.13. The third kappa shape index (κ3) is 4.54. The molecule has 0 fully saturated rings. The Balaban J connectivity index is 1.57. The molecule has 0 aliphatic rings. The van der Waals surface area contributed by atoms with E-state index in [0.717, 1.165) is 18.8 Å². The monoisotopic (exact) mass is 336 g/mol. The van der Waals surface area contributed by atoms with E-state index in [9.17, 15) is 4.79 Å². The van der Waals surface area contributed by atoms with E-state index in [1.807, 2.05) is 54.6 Å². The molecule has 1 heterocycles. The van der Waals surface area contributed by atoms with Gasteiger partial charge in [0, 0.05) is 24.3 Å². The number of para-hydroxylation sites is 1. The Morgan fingerprint density at radius 2 is 1.67 bits per heavy atom. The number of benzene rings is 2. The molecule has 2 aromatic carbocycles. The lowest BCUT2D eigenvalue weighted by molar-refractivity contribution is 0.102. The van der Waals surface area contributed by atoms with E-state index in [0.29, 0.717) is 5.56 Å². The molecule has 0 atom stereocenters. The third-order valence-corrected chi connectivity index (χ3v) is 4.46.